The van der Waals surface area contributed by atoms with E-state index in [0.29, 0.717) is 40.2 Å². The van der Waals surface area contributed by atoms with E-state index in [0.717, 1.165) is 47.5 Å². The van der Waals surface area contributed by atoms with Gasteiger partial charge in [0.2, 0.25) is 0 Å². The molecular weight excluding hydrogens is 771 g/mol. The zero-order valence-electron chi connectivity index (χ0n) is 21.9. The van der Waals surface area contributed by atoms with Gasteiger partial charge in [-0.05, 0) is 0 Å². The van der Waals surface area contributed by atoms with E-state index in [1.165, 1.54) is 22.7 Å². The van der Waals surface area contributed by atoms with Crippen LogP contribution in [0.15, 0.2) is 72.8 Å². The number of benzene rings is 4. The monoisotopic (exact) mass is 784 g/mol. The van der Waals surface area contributed by atoms with E-state index < -0.39 is 0 Å². The van der Waals surface area contributed by atoms with Crippen LogP contribution >= 0.6 is 45.3 Å². The summed E-state index contributed by atoms with van der Waals surface area (Å²) in [6.07, 6.45) is 0. The van der Waals surface area contributed by atoms with Gasteiger partial charge in [0, 0.05) is 0 Å². The van der Waals surface area contributed by atoms with Gasteiger partial charge < -0.3 is 0 Å². The fourth-order valence-electron chi connectivity index (χ4n) is 5.99. The summed E-state index contributed by atoms with van der Waals surface area (Å²) in [6, 6.07) is 22.6. The number of hydrogen-bond donors (Lipinski definition) is 0. The van der Waals surface area contributed by atoms with Crippen LogP contribution in [0.2, 0.25) is 0 Å². The van der Waals surface area contributed by atoms with Crippen LogP contribution in [-0.4, -0.2) is 29.0 Å². The topological polar surface area (TPSA) is 0 Å². The second-order valence-electron chi connectivity index (χ2n) is 10.5. The van der Waals surface area contributed by atoms with Gasteiger partial charge in [0.1, 0.15) is 0 Å². The molecule has 0 aliphatic heterocycles. The van der Waals surface area contributed by atoms with Crippen molar-refractivity contribution < 1.29 is 17.6 Å². The fourth-order valence-corrected chi connectivity index (χ4v) is 16.1. The van der Waals surface area contributed by atoms with Crippen molar-refractivity contribution in [1.29, 1.82) is 0 Å². The Hall–Kier alpha value is -2.78. The maximum absolute atomic E-state index is 15.9. The van der Waals surface area contributed by atoms with Gasteiger partial charge in [-0.2, -0.15) is 0 Å². The summed E-state index contributed by atoms with van der Waals surface area (Å²) < 4.78 is 71.1. The molecule has 44 heavy (non-hydrogen) atoms. The van der Waals surface area contributed by atoms with Gasteiger partial charge >= 0.3 is 276 Å². The minimum absolute atomic E-state index is 0.286. The first-order valence-electron chi connectivity index (χ1n) is 13.4. The van der Waals surface area contributed by atoms with Crippen molar-refractivity contribution in [3.8, 4) is 18.6 Å². The summed E-state index contributed by atoms with van der Waals surface area (Å²) >= 11 is 5.28. The molecule has 0 nitrogen and oxygen atoms in total. The molecule has 0 amide bonds. The molecule has 0 saturated carbocycles. The van der Waals surface area contributed by atoms with Crippen LogP contribution in [0.25, 0.3) is 87.7 Å². The molecule has 0 fully saturated rings. The van der Waals surface area contributed by atoms with Crippen molar-refractivity contribution in [1.82, 2.24) is 0 Å². The molecule has 212 valence electrons. The van der Waals surface area contributed by atoms with Crippen LogP contribution in [-0.2, 0) is 0 Å². The molecule has 6 heterocycles. The van der Waals surface area contributed by atoms with Crippen molar-refractivity contribution in [2.24, 2.45) is 0 Å². The summed E-state index contributed by atoms with van der Waals surface area (Å²) in [7, 11) is 0. The van der Waals surface area contributed by atoms with E-state index >= 15 is 17.6 Å². The third-order valence-electron chi connectivity index (χ3n) is 8.06. The van der Waals surface area contributed by atoms with Crippen molar-refractivity contribution >= 4 is 143 Å². The summed E-state index contributed by atoms with van der Waals surface area (Å²) in [5.41, 5.74) is 0. The molecule has 0 spiro atoms. The molecule has 10 aromatic rings. The van der Waals surface area contributed by atoms with Gasteiger partial charge in [-0.15, -0.1) is 0 Å². The minimum atomic E-state index is -0.362. The molecule has 0 radical (unpaired) electrons. The van der Waals surface area contributed by atoms with E-state index in [1.54, 1.807) is 34.8 Å². The Morgan fingerprint density at radius 2 is 0.818 bits per heavy atom. The molecule has 0 saturated heterocycles. The van der Waals surface area contributed by atoms with Crippen LogP contribution in [0.1, 0.15) is 0 Å². The quantitative estimate of drug-likeness (QED) is 0.121. The maximum atomic E-state index is 15.9. The van der Waals surface area contributed by atoms with E-state index in [1.807, 2.05) is 60.7 Å². The second kappa shape index (κ2) is 9.38. The Labute approximate surface area is 273 Å². The van der Waals surface area contributed by atoms with E-state index in [9.17, 15) is 0 Å². The van der Waals surface area contributed by atoms with Crippen LogP contribution in [0.5, 0.6) is 0 Å². The Kier molecular flexibility index (Phi) is 5.63. The fraction of sp³-hybridized carbons (Fsp3) is 0. The van der Waals surface area contributed by atoms with Gasteiger partial charge in [-0.3, -0.25) is 0 Å². The zero-order chi connectivity index (χ0) is 29.4. The molecule has 10 rings (SSSR count). The van der Waals surface area contributed by atoms with Crippen LogP contribution in [0, 0.1) is 23.3 Å². The summed E-state index contributed by atoms with van der Waals surface area (Å²) in [5, 5.41) is 4.08. The van der Waals surface area contributed by atoms with Gasteiger partial charge in [0.25, 0.3) is 0 Å². The standard InChI is InChI=1S/C34H12F4S4Se2/c35-25-15-9-17-21(11-19(15)41-31(25)33-27(37)13-5-1-3-7-23(13)43-33)39-30-18-10-16-20(12-22(18)40-29(17)30)42-32(26(16)36)34-28(38)14-6-2-4-8-24(14)44-34/h1-12H. The number of hydrogen-bond acceptors (Lipinski definition) is 4. The SMILES string of the molecule is Fc1c(-c2[se]c3ccccc3c2F)sc2cc3sc4c5cc6c(F)c(-c7[se]c8ccccc8c7F)sc6cc5sc4c3cc12. The molecule has 0 aliphatic carbocycles. The molecular formula is C34H12F4S4Se2. The summed E-state index contributed by atoms with van der Waals surface area (Å²) in [4.78, 5) is 0.785. The predicted octanol–water partition coefficient (Wildman–Crippen LogP) is 12.0. The average molecular weight is 783 g/mol. The van der Waals surface area contributed by atoms with E-state index in [-0.39, 0.29) is 52.3 Å². The van der Waals surface area contributed by atoms with E-state index in [2.05, 4.69) is 0 Å². The van der Waals surface area contributed by atoms with Crippen LogP contribution in [0.4, 0.5) is 17.6 Å². The number of halogens is 4. The molecule has 0 N–H and O–H groups in total. The Bertz CT molecular complexity index is 2650. The van der Waals surface area contributed by atoms with Gasteiger partial charge in [0.05, 0.1) is 0 Å². The molecule has 6 aromatic heterocycles. The second-order valence-corrected chi connectivity index (χ2v) is 19.1. The molecule has 10 heteroatoms. The third-order valence-corrected chi connectivity index (χ3v) is 18.3. The average Bonchev–Trinajstić information content (AvgIpc) is 3.86. The molecule has 0 aliphatic rings. The Balaban J connectivity index is 1.15. The Morgan fingerprint density at radius 3 is 1.25 bits per heavy atom. The number of rotatable bonds is 2. The predicted molar refractivity (Wildman–Crippen MR) is 185 cm³/mol. The van der Waals surface area contributed by atoms with Crippen molar-refractivity contribution in [2.75, 3.05) is 0 Å². The molecule has 0 atom stereocenters. The molecule has 0 unspecified atom stereocenters. The Morgan fingerprint density at radius 1 is 0.409 bits per heavy atom. The van der Waals surface area contributed by atoms with Crippen molar-refractivity contribution in [3.05, 3.63) is 96.1 Å². The number of thiophene rings is 4. The van der Waals surface area contributed by atoms with Gasteiger partial charge in [-0.1, -0.05) is 0 Å². The molecule has 4 aromatic carbocycles. The normalized spacial score (nSPS) is 12.5. The van der Waals surface area contributed by atoms with Gasteiger partial charge in [-0.25, -0.2) is 0 Å². The first-order valence-corrected chi connectivity index (χ1v) is 20.1. The summed E-state index contributed by atoms with van der Waals surface area (Å²) in [5.74, 6) is -1.35. The third kappa shape index (κ3) is 3.54. The zero-order valence-corrected chi connectivity index (χ0v) is 28.6. The molecule has 0 bridgehead atoms. The number of fused-ring (bicyclic) bond motifs is 9. The first-order chi connectivity index (χ1) is 21.4. The first kappa shape index (κ1) is 26.4. The summed E-state index contributed by atoms with van der Waals surface area (Å²) in [6.45, 7) is 0. The van der Waals surface area contributed by atoms with Crippen molar-refractivity contribution in [3.63, 3.8) is 0 Å². The van der Waals surface area contributed by atoms with Crippen molar-refractivity contribution in [2.45, 2.75) is 0 Å². The van der Waals surface area contributed by atoms with Crippen LogP contribution in [0.3, 0.4) is 0 Å². The van der Waals surface area contributed by atoms with E-state index in [4.69, 9.17) is 0 Å². The van der Waals surface area contributed by atoms with Gasteiger partial charge in [0.15, 0.2) is 0 Å². The van der Waals surface area contributed by atoms with Crippen LogP contribution < -0.4 is 0 Å².